The van der Waals surface area contributed by atoms with E-state index in [0.717, 1.165) is 16.4 Å². The molecule has 16 heteroatoms. The Balaban J connectivity index is 1.66. The number of hydrogen-bond donors (Lipinski definition) is 1. The molecule has 6 nitrogen and oxygen atoms in total. The Morgan fingerprint density at radius 1 is 1.11 bits per heavy atom. The van der Waals surface area contributed by atoms with Crippen LogP contribution in [0.2, 0.25) is 10.0 Å². The molecule has 1 fully saturated rings. The quantitative estimate of drug-likeness (QED) is 0.412. The van der Waals surface area contributed by atoms with Gasteiger partial charge in [-0.3, -0.25) is 4.79 Å². The number of carbonyl (C=O) groups is 1. The Morgan fingerprint density at radius 3 is 2.16 bits per heavy atom. The van der Waals surface area contributed by atoms with Crippen LogP contribution in [0.5, 0.6) is 0 Å². The monoisotopic (exact) mass is 597 g/mol. The minimum absolute atomic E-state index is 0.170. The van der Waals surface area contributed by atoms with Crippen molar-refractivity contribution in [2.45, 2.75) is 41.7 Å². The zero-order valence-corrected chi connectivity index (χ0v) is 20.8. The van der Waals surface area contributed by atoms with Crippen molar-refractivity contribution in [1.82, 2.24) is 15.1 Å². The minimum atomic E-state index is -6.35. The van der Waals surface area contributed by atoms with E-state index in [1.807, 2.05) is 12.1 Å². The Kier molecular flexibility index (Phi) is 6.92. The van der Waals surface area contributed by atoms with Gasteiger partial charge < -0.3 is 5.32 Å². The van der Waals surface area contributed by atoms with Gasteiger partial charge in [-0.15, -0.1) is 11.8 Å². The molecule has 1 amide bonds. The maximum Gasteiger partial charge on any atom is 0.435 e. The van der Waals surface area contributed by atoms with E-state index in [9.17, 15) is 46.1 Å². The molecular weight excluding hydrogens is 586 g/mol. The van der Waals surface area contributed by atoms with Crippen molar-refractivity contribution in [1.29, 1.82) is 10.5 Å². The number of nitrogens with zero attached hydrogens (tertiary/aromatic N) is 4. The lowest BCUT2D eigenvalue weighted by Crippen LogP contribution is -2.50. The number of aromatic nitrogens is 2. The highest BCUT2D eigenvalue weighted by molar-refractivity contribution is 8.09. The molecule has 0 spiro atoms. The van der Waals surface area contributed by atoms with Crippen LogP contribution in [0.25, 0.3) is 10.6 Å². The number of nitriles is 2. The van der Waals surface area contributed by atoms with Crippen LogP contribution in [-0.2, 0) is 10.5 Å². The van der Waals surface area contributed by atoms with E-state index in [1.54, 1.807) is 0 Å². The molecule has 1 aliphatic heterocycles. The van der Waals surface area contributed by atoms with Gasteiger partial charge in [0.15, 0.2) is 0 Å². The van der Waals surface area contributed by atoms with Gasteiger partial charge in [0.2, 0.25) is 5.91 Å². The fraction of sp³-hybridized carbons (Fsp3) is 0.364. The van der Waals surface area contributed by atoms with Crippen molar-refractivity contribution < 1.29 is 35.5 Å². The fourth-order valence-corrected chi connectivity index (χ4v) is 5.54. The Labute approximate surface area is 224 Å². The van der Waals surface area contributed by atoms with Crippen molar-refractivity contribution in [3.8, 4) is 17.8 Å². The normalized spacial score (nSPS) is 20.9. The molecule has 38 heavy (non-hydrogen) atoms. The van der Waals surface area contributed by atoms with Gasteiger partial charge in [0, 0.05) is 22.2 Å². The Hall–Kier alpha value is -2.94. The van der Waals surface area contributed by atoms with Gasteiger partial charge in [0.1, 0.15) is 16.5 Å². The fourth-order valence-electron chi connectivity index (χ4n) is 3.74. The summed E-state index contributed by atoms with van der Waals surface area (Å²) in [6.45, 7) is 0. The molecule has 0 bridgehead atoms. The number of rotatable bonds is 5. The van der Waals surface area contributed by atoms with Crippen molar-refractivity contribution in [3.63, 3.8) is 0 Å². The van der Waals surface area contributed by atoms with Crippen molar-refractivity contribution in [2.24, 2.45) is 5.92 Å². The van der Waals surface area contributed by atoms with Gasteiger partial charge in [-0.1, -0.05) is 29.3 Å². The molecule has 2 aromatic rings. The van der Waals surface area contributed by atoms with E-state index in [4.69, 9.17) is 23.2 Å². The third-order valence-electron chi connectivity index (χ3n) is 5.96. The number of nitrogens with one attached hydrogen (secondary N) is 1. The third kappa shape index (κ3) is 4.70. The molecule has 1 aromatic carbocycles. The van der Waals surface area contributed by atoms with Crippen LogP contribution >= 0.6 is 35.0 Å². The molecule has 1 saturated carbocycles. The zero-order valence-electron chi connectivity index (χ0n) is 18.5. The summed E-state index contributed by atoms with van der Waals surface area (Å²) in [5, 5.41) is 22.9. The van der Waals surface area contributed by atoms with E-state index in [-0.39, 0.29) is 17.8 Å². The van der Waals surface area contributed by atoms with E-state index in [2.05, 4.69) is 10.4 Å². The molecule has 1 aromatic heterocycles. The van der Waals surface area contributed by atoms with Crippen LogP contribution < -0.4 is 5.32 Å². The van der Waals surface area contributed by atoms with Gasteiger partial charge in [-0.05, 0) is 25.0 Å². The highest BCUT2D eigenvalue weighted by atomic mass is 35.5. The SMILES string of the molecule is N#CC1SC(c2cnn(-c3c(Cl)cc(C(F)(C(F)(F)F)C(F)(F)F)cc3Cl)c2)=CC1C(=O)NC1(C#N)CC1. The molecule has 2 aliphatic rings. The highest BCUT2D eigenvalue weighted by Crippen LogP contribution is 2.54. The number of amides is 1. The smallest absolute Gasteiger partial charge is 0.337 e. The van der Waals surface area contributed by atoms with Crippen LogP contribution in [0.15, 0.2) is 30.6 Å². The summed E-state index contributed by atoms with van der Waals surface area (Å²) in [6, 6.07) is 4.35. The average molecular weight is 598 g/mol. The lowest BCUT2D eigenvalue weighted by Gasteiger charge is -2.30. The molecule has 1 N–H and O–H groups in total. The number of thioether (sulfide) groups is 1. The van der Waals surface area contributed by atoms with Gasteiger partial charge in [-0.2, -0.15) is 42.0 Å². The van der Waals surface area contributed by atoms with Crippen LogP contribution in [-0.4, -0.2) is 38.8 Å². The van der Waals surface area contributed by atoms with E-state index in [0.29, 0.717) is 23.3 Å². The number of halogens is 9. The van der Waals surface area contributed by atoms with E-state index >= 15 is 0 Å². The first kappa shape index (κ1) is 28.1. The highest BCUT2D eigenvalue weighted by Gasteiger charge is 2.73. The molecule has 2 atom stereocenters. The number of carbonyl (C=O) groups excluding carboxylic acids is 1. The lowest BCUT2D eigenvalue weighted by molar-refractivity contribution is -0.348. The summed E-state index contributed by atoms with van der Waals surface area (Å²) in [5.41, 5.74) is -8.52. The summed E-state index contributed by atoms with van der Waals surface area (Å²) >= 11 is 12.9. The first-order chi connectivity index (χ1) is 17.6. The summed E-state index contributed by atoms with van der Waals surface area (Å²) in [5.74, 6) is -1.42. The van der Waals surface area contributed by atoms with Gasteiger partial charge in [0.05, 0.1) is 34.3 Å². The van der Waals surface area contributed by atoms with Crippen LogP contribution in [0.1, 0.15) is 24.0 Å². The molecule has 2 heterocycles. The zero-order chi connectivity index (χ0) is 28.3. The maximum atomic E-state index is 14.5. The molecule has 4 rings (SSSR count). The second-order valence-electron chi connectivity index (χ2n) is 8.52. The third-order valence-corrected chi connectivity index (χ3v) is 7.81. The van der Waals surface area contributed by atoms with Crippen molar-refractivity contribution >= 4 is 45.8 Å². The summed E-state index contributed by atoms with van der Waals surface area (Å²) in [4.78, 5) is 13.1. The Bertz CT molecular complexity index is 1380. The predicted octanol–water partition coefficient (Wildman–Crippen LogP) is 6.24. The van der Waals surface area contributed by atoms with E-state index < -0.39 is 56.2 Å². The van der Waals surface area contributed by atoms with Crippen molar-refractivity contribution in [2.75, 3.05) is 0 Å². The standard InChI is InChI=1S/C22H12Cl2F7N5OS/c23-13-3-11(20(25,21(26,27)28)22(29,30)31)4-14(24)17(13)36-8-10(7-34-36)15-5-12(16(6-32)38-15)18(37)35-19(9-33)1-2-19/h3-5,7-8,12,16H,1-2H2,(H,35,37). The molecule has 200 valence electrons. The lowest BCUT2D eigenvalue weighted by atomic mass is 9.94. The largest absolute Gasteiger partial charge is 0.435 e. The maximum absolute atomic E-state index is 14.5. The minimum Gasteiger partial charge on any atom is -0.337 e. The number of benzene rings is 1. The second-order valence-corrected chi connectivity index (χ2v) is 10.5. The number of alkyl halides is 7. The Morgan fingerprint density at radius 2 is 1.68 bits per heavy atom. The first-order valence-corrected chi connectivity index (χ1v) is 12.1. The molecule has 0 saturated heterocycles. The van der Waals surface area contributed by atoms with Crippen LogP contribution in [0, 0.1) is 28.6 Å². The van der Waals surface area contributed by atoms with Crippen molar-refractivity contribution in [3.05, 3.63) is 51.8 Å². The van der Waals surface area contributed by atoms with E-state index in [1.165, 1.54) is 18.5 Å². The predicted molar refractivity (Wildman–Crippen MR) is 123 cm³/mol. The first-order valence-electron chi connectivity index (χ1n) is 10.5. The average Bonchev–Trinajstić information content (AvgIpc) is 3.22. The van der Waals surface area contributed by atoms with Crippen LogP contribution in [0.4, 0.5) is 30.7 Å². The topological polar surface area (TPSA) is 94.5 Å². The second kappa shape index (κ2) is 9.36. The summed E-state index contributed by atoms with van der Waals surface area (Å²) in [6.07, 6.45) is -7.71. The summed E-state index contributed by atoms with van der Waals surface area (Å²) in [7, 11) is 0. The molecular formula is C22H12Cl2F7N5OS. The molecule has 0 radical (unpaired) electrons. The van der Waals surface area contributed by atoms with Gasteiger partial charge in [0.25, 0.3) is 0 Å². The number of hydrogen-bond acceptors (Lipinski definition) is 5. The van der Waals surface area contributed by atoms with Gasteiger partial charge in [-0.25, -0.2) is 9.07 Å². The molecule has 1 aliphatic carbocycles. The molecule has 2 unspecified atom stereocenters. The van der Waals surface area contributed by atoms with Crippen LogP contribution in [0.3, 0.4) is 0 Å². The van der Waals surface area contributed by atoms with Gasteiger partial charge >= 0.3 is 18.0 Å². The summed E-state index contributed by atoms with van der Waals surface area (Å²) < 4.78 is 94.2.